The van der Waals surface area contributed by atoms with E-state index in [9.17, 15) is 0 Å². The van der Waals surface area contributed by atoms with Crippen molar-refractivity contribution < 1.29 is 4.52 Å². The first-order valence-electron chi connectivity index (χ1n) is 6.86. The van der Waals surface area contributed by atoms with Crippen molar-refractivity contribution in [3.8, 4) is 17.7 Å². The minimum Gasteiger partial charge on any atom is -0.342 e. The number of nitrogens with one attached hydrogen (secondary N) is 1. The molecule has 5 heteroatoms. The molecule has 0 bridgehead atoms. The second-order valence-corrected chi connectivity index (χ2v) is 5.15. The number of rotatable bonds is 2. The first kappa shape index (κ1) is 11.9. The summed E-state index contributed by atoms with van der Waals surface area (Å²) < 4.78 is 5.33. The summed E-state index contributed by atoms with van der Waals surface area (Å²) in [6.45, 7) is 0. The minimum absolute atomic E-state index is 0.198. The monoisotopic (exact) mass is 276 g/mol. The summed E-state index contributed by atoms with van der Waals surface area (Å²) >= 11 is 0. The third-order valence-electron chi connectivity index (χ3n) is 3.92. The summed E-state index contributed by atoms with van der Waals surface area (Å²) in [7, 11) is 0. The molecular weight excluding hydrogens is 264 g/mol. The standard InChI is InChI=1S/C16H12N4O/c17-9-11-6-8-14(18-11)16-19-15(20-21-16)13-7-5-10-3-1-2-4-12(10)13/h1-4,6,8,13,18H,5,7H2. The number of aryl methyl sites for hydroxylation is 1. The van der Waals surface area contributed by atoms with Crippen LogP contribution in [0.1, 0.15) is 35.0 Å². The maximum atomic E-state index is 8.84. The van der Waals surface area contributed by atoms with Crippen LogP contribution in [0.25, 0.3) is 11.6 Å². The third-order valence-corrected chi connectivity index (χ3v) is 3.92. The van der Waals surface area contributed by atoms with E-state index in [-0.39, 0.29) is 5.92 Å². The molecule has 1 unspecified atom stereocenters. The predicted molar refractivity (Wildman–Crippen MR) is 75.4 cm³/mol. The van der Waals surface area contributed by atoms with Crippen molar-refractivity contribution in [3.05, 3.63) is 59.0 Å². The van der Waals surface area contributed by atoms with Gasteiger partial charge in [-0.1, -0.05) is 29.4 Å². The smallest absolute Gasteiger partial charge is 0.274 e. The van der Waals surface area contributed by atoms with Crippen LogP contribution in [0.5, 0.6) is 0 Å². The zero-order valence-corrected chi connectivity index (χ0v) is 11.2. The summed E-state index contributed by atoms with van der Waals surface area (Å²) in [5.41, 5.74) is 3.81. The number of hydrogen-bond acceptors (Lipinski definition) is 4. The number of nitriles is 1. The highest BCUT2D eigenvalue weighted by atomic mass is 16.5. The molecule has 0 fully saturated rings. The molecule has 1 N–H and O–H groups in total. The van der Waals surface area contributed by atoms with E-state index in [1.54, 1.807) is 12.1 Å². The van der Waals surface area contributed by atoms with Crippen molar-refractivity contribution in [1.29, 1.82) is 5.26 Å². The molecule has 0 saturated carbocycles. The van der Waals surface area contributed by atoms with Crippen LogP contribution in [0.2, 0.25) is 0 Å². The van der Waals surface area contributed by atoms with E-state index in [4.69, 9.17) is 9.78 Å². The van der Waals surface area contributed by atoms with Gasteiger partial charge in [-0.25, -0.2) is 0 Å². The molecular formula is C16H12N4O. The summed E-state index contributed by atoms with van der Waals surface area (Å²) in [5, 5.41) is 13.0. The van der Waals surface area contributed by atoms with Crippen LogP contribution in [0, 0.1) is 11.3 Å². The summed E-state index contributed by atoms with van der Waals surface area (Å²) in [6, 6.07) is 13.9. The molecule has 21 heavy (non-hydrogen) atoms. The molecule has 3 aromatic rings. The van der Waals surface area contributed by atoms with Crippen LogP contribution >= 0.6 is 0 Å². The third kappa shape index (κ3) is 1.93. The van der Waals surface area contributed by atoms with Crippen molar-refractivity contribution >= 4 is 0 Å². The largest absolute Gasteiger partial charge is 0.342 e. The first-order chi connectivity index (χ1) is 10.3. The topological polar surface area (TPSA) is 78.5 Å². The lowest BCUT2D eigenvalue weighted by atomic mass is 10.0. The molecule has 4 rings (SSSR count). The fraction of sp³-hybridized carbons (Fsp3) is 0.188. The van der Waals surface area contributed by atoms with Crippen molar-refractivity contribution in [3.63, 3.8) is 0 Å². The summed E-state index contributed by atoms with van der Waals surface area (Å²) in [4.78, 5) is 7.44. The van der Waals surface area contributed by atoms with Gasteiger partial charge in [0.2, 0.25) is 0 Å². The second kappa shape index (κ2) is 4.60. The van der Waals surface area contributed by atoms with Gasteiger partial charge in [0.1, 0.15) is 17.5 Å². The van der Waals surface area contributed by atoms with Gasteiger partial charge in [-0.05, 0) is 36.1 Å². The molecule has 102 valence electrons. The zero-order valence-electron chi connectivity index (χ0n) is 11.2. The number of fused-ring (bicyclic) bond motifs is 1. The van der Waals surface area contributed by atoms with Crippen LogP contribution in [-0.4, -0.2) is 15.1 Å². The molecule has 1 aromatic carbocycles. The van der Waals surface area contributed by atoms with Gasteiger partial charge < -0.3 is 9.51 Å². The Morgan fingerprint density at radius 2 is 2.14 bits per heavy atom. The Hall–Kier alpha value is -2.87. The highest BCUT2D eigenvalue weighted by molar-refractivity contribution is 5.50. The molecule has 0 saturated heterocycles. The molecule has 0 amide bonds. The maximum Gasteiger partial charge on any atom is 0.274 e. The Labute approximate surface area is 121 Å². The number of hydrogen-bond donors (Lipinski definition) is 1. The quantitative estimate of drug-likeness (QED) is 0.780. The van der Waals surface area contributed by atoms with Crippen LogP contribution < -0.4 is 0 Å². The average Bonchev–Trinajstić information content (AvgIpc) is 3.24. The number of nitrogens with zero attached hydrogens (tertiary/aromatic N) is 3. The lowest BCUT2D eigenvalue weighted by molar-refractivity contribution is 0.418. The highest BCUT2D eigenvalue weighted by Crippen LogP contribution is 2.37. The summed E-state index contributed by atoms with van der Waals surface area (Å²) in [6.07, 6.45) is 2.05. The normalized spacial score (nSPS) is 16.6. The molecule has 0 aliphatic heterocycles. The van der Waals surface area contributed by atoms with Crippen LogP contribution in [0.3, 0.4) is 0 Å². The molecule has 1 atom stereocenters. The zero-order chi connectivity index (χ0) is 14.2. The van der Waals surface area contributed by atoms with Gasteiger partial charge in [0.25, 0.3) is 5.89 Å². The fourth-order valence-corrected chi connectivity index (χ4v) is 2.90. The Morgan fingerprint density at radius 3 is 3.00 bits per heavy atom. The van der Waals surface area contributed by atoms with E-state index >= 15 is 0 Å². The van der Waals surface area contributed by atoms with Gasteiger partial charge in [-0.15, -0.1) is 0 Å². The molecule has 1 aliphatic carbocycles. The van der Waals surface area contributed by atoms with E-state index in [0.29, 0.717) is 23.1 Å². The Kier molecular flexibility index (Phi) is 2.61. The van der Waals surface area contributed by atoms with Gasteiger partial charge in [-0.2, -0.15) is 10.2 Å². The molecule has 0 radical (unpaired) electrons. The Bertz CT molecular complexity index is 840. The molecule has 2 aromatic heterocycles. The highest BCUT2D eigenvalue weighted by Gasteiger charge is 2.27. The van der Waals surface area contributed by atoms with Gasteiger partial charge in [-0.3, -0.25) is 0 Å². The lowest BCUT2D eigenvalue weighted by Gasteiger charge is -2.05. The van der Waals surface area contributed by atoms with E-state index < -0.39 is 0 Å². The Morgan fingerprint density at radius 1 is 1.24 bits per heavy atom. The van der Waals surface area contributed by atoms with Crippen molar-refractivity contribution in [1.82, 2.24) is 15.1 Å². The van der Waals surface area contributed by atoms with E-state index in [0.717, 1.165) is 12.8 Å². The van der Waals surface area contributed by atoms with E-state index in [2.05, 4.69) is 33.3 Å². The van der Waals surface area contributed by atoms with Crippen molar-refractivity contribution in [2.45, 2.75) is 18.8 Å². The SMILES string of the molecule is N#Cc1ccc(-c2nc(C3CCc4ccccc43)no2)[nH]1. The van der Waals surface area contributed by atoms with Gasteiger partial charge in [0.05, 0.1) is 0 Å². The Balaban J connectivity index is 1.68. The van der Waals surface area contributed by atoms with Crippen LogP contribution in [0.4, 0.5) is 0 Å². The minimum atomic E-state index is 0.198. The number of benzene rings is 1. The number of aromatic amines is 1. The average molecular weight is 276 g/mol. The predicted octanol–water partition coefficient (Wildman–Crippen LogP) is 3.01. The van der Waals surface area contributed by atoms with Crippen LogP contribution in [0.15, 0.2) is 40.9 Å². The molecule has 0 spiro atoms. The number of aromatic nitrogens is 3. The summed E-state index contributed by atoms with van der Waals surface area (Å²) in [5.74, 6) is 1.34. The fourth-order valence-electron chi connectivity index (χ4n) is 2.90. The van der Waals surface area contributed by atoms with Gasteiger partial charge in [0, 0.05) is 5.92 Å². The molecule has 2 heterocycles. The van der Waals surface area contributed by atoms with Gasteiger partial charge >= 0.3 is 0 Å². The second-order valence-electron chi connectivity index (χ2n) is 5.15. The van der Waals surface area contributed by atoms with E-state index in [1.807, 2.05) is 12.1 Å². The molecule has 1 aliphatic rings. The van der Waals surface area contributed by atoms with Crippen molar-refractivity contribution in [2.24, 2.45) is 0 Å². The van der Waals surface area contributed by atoms with Gasteiger partial charge in [0.15, 0.2) is 5.82 Å². The maximum absolute atomic E-state index is 8.84. The first-order valence-corrected chi connectivity index (χ1v) is 6.86. The lowest BCUT2D eigenvalue weighted by Crippen LogP contribution is -1.98. The molecule has 5 nitrogen and oxygen atoms in total. The van der Waals surface area contributed by atoms with Crippen molar-refractivity contribution in [2.75, 3.05) is 0 Å². The van der Waals surface area contributed by atoms with Crippen LogP contribution in [-0.2, 0) is 6.42 Å². The van der Waals surface area contributed by atoms with E-state index in [1.165, 1.54) is 11.1 Å². The number of H-pyrrole nitrogens is 1.